The molecule has 0 amide bonds. The van der Waals surface area contributed by atoms with Crippen LogP contribution < -0.4 is 5.46 Å². The Hall–Kier alpha value is -2.05. The third-order valence-electron chi connectivity index (χ3n) is 4.76. The molecule has 124 valence electrons. The van der Waals surface area contributed by atoms with E-state index in [4.69, 9.17) is 18.8 Å². The van der Waals surface area contributed by atoms with Gasteiger partial charge in [0.05, 0.1) is 38.6 Å². The van der Waals surface area contributed by atoms with E-state index in [1.54, 1.807) is 0 Å². The van der Waals surface area contributed by atoms with Crippen molar-refractivity contribution in [2.24, 2.45) is 5.92 Å². The van der Waals surface area contributed by atoms with E-state index in [1.807, 2.05) is 30.3 Å². The summed E-state index contributed by atoms with van der Waals surface area (Å²) >= 11 is 0. The predicted octanol–water partition coefficient (Wildman–Crippen LogP) is 1.59. The molecule has 2 aliphatic heterocycles. The number of methoxy groups -OCH3 is 1. The van der Waals surface area contributed by atoms with Crippen LogP contribution in [0.15, 0.2) is 53.3 Å². The Labute approximate surface area is 141 Å². The van der Waals surface area contributed by atoms with Crippen LogP contribution >= 0.6 is 0 Å². The van der Waals surface area contributed by atoms with Crippen molar-refractivity contribution in [2.75, 3.05) is 20.3 Å². The van der Waals surface area contributed by atoms with Crippen LogP contribution in [0, 0.1) is 5.92 Å². The first-order valence-corrected chi connectivity index (χ1v) is 8.19. The monoisotopic (exact) mass is 326 g/mol. The van der Waals surface area contributed by atoms with Crippen molar-refractivity contribution in [3.05, 3.63) is 53.3 Å². The number of benzene rings is 1. The molecule has 3 aliphatic rings. The average molecular weight is 326 g/mol. The molecule has 6 heteroatoms. The molecule has 2 unspecified atom stereocenters. The standard InChI is InChI=1S/C18H19BO5/c1-21-18(20)8-12-10-22-17-9-16-13(7-15(12)17)11-23-19(24-16)14-5-3-2-4-6-14/h2-7,12,17H,8-11H2,1H3. The molecule has 1 saturated heterocycles. The number of rotatable bonds is 3. The van der Waals surface area contributed by atoms with E-state index < -0.39 is 0 Å². The molecule has 0 radical (unpaired) electrons. The molecule has 1 fully saturated rings. The number of fused-ring (bicyclic) bond motifs is 1. The van der Waals surface area contributed by atoms with E-state index in [2.05, 4.69) is 6.08 Å². The van der Waals surface area contributed by atoms with Gasteiger partial charge in [0.1, 0.15) is 0 Å². The summed E-state index contributed by atoms with van der Waals surface area (Å²) in [5.74, 6) is 0.816. The summed E-state index contributed by atoms with van der Waals surface area (Å²) in [4.78, 5) is 11.6. The van der Waals surface area contributed by atoms with E-state index in [1.165, 1.54) is 7.11 Å². The minimum Gasteiger partial charge on any atom is -0.535 e. The quantitative estimate of drug-likeness (QED) is 0.624. The SMILES string of the molecule is COC(=O)CC1COC2CC3=C(C=C12)COB(c1ccccc1)O3. The Morgan fingerprint density at radius 1 is 1.33 bits per heavy atom. The molecule has 1 aliphatic carbocycles. The van der Waals surface area contributed by atoms with Crippen LogP contribution in [0.1, 0.15) is 12.8 Å². The van der Waals surface area contributed by atoms with E-state index >= 15 is 0 Å². The van der Waals surface area contributed by atoms with Gasteiger partial charge < -0.3 is 18.8 Å². The highest BCUT2D eigenvalue weighted by Crippen LogP contribution is 2.39. The zero-order valence-electron chi connectivity index (χ0n) is 13.6. The van der Waals surface area contributed by atoms with E-state index in [-0.39, 0.29) is 25.1 Å². The third kappa shape index (κ3) is 2.87. The van der Waals surface area contributed by atoms with Gasteiger partial charge in [-0.05, 0) is 11.0 Å². The molecule has 2 heterocycles. The highest BCUT2D eigenvalue weighted by Gasteiger charge is 2.40. The first-order valence-electron chi connectivity index (χ1n) is 8.19. The van der Waals surface area contributed by atoms with Gasteiger partial charge in [0.2, 0.25) is 0 Å². The summed E-state index contributed by atoms with van der Waals surface area (Å²) in [5.41, 5.74) is 3.22. The molecular weight excluding hydrogens is 307 g/mol. The normalized spacial score (nSPS) is 25.5. The van der Waals surface area contributed by atoms with Gasteiger partial charge in [0.25, 0.3) is 0 Å². The Morgan fingerprint density at radius 3 is 2.96 bits per heavy atom. The number of carbonyl (C=O) groups is 1. The molecule has 0 spiro atoms. The lowest BCUT2D eigenvalue weighted by Crippen LogP contribution is -2.41. The van der Waals surface area contributed by atoms with E-state index in [0.717, 1.165) is 22.4 Å². The van der Waals surface area contributed by atoms with Crippen LogP contribution in [0.5, 0.6) is 0 Å². The van der Waals surface area contributed by atoms with Gasteiger partial charge in [-0.3, -0.25) is 4.79 Å². The average Bonchev–Trinajstić information content (AvgIpc) is 3.01. The van der Waals surface area contributed by atoms with Crippen LogP contribution in [-0.4, -0.2) is 39.5 Å². The number of carbonyl (C=O) groups excluding carboxylic acids is 1. The zero-order chi connectivity index (χ0) is 16.5. The van der Waals surface area contributed by atoms with Crippen molar-refractivity contribution in [3.8, 4) is 0 Å². The van der Waals surface area contributed by atoms with Crippen LogP contribution in [0.2, 0.25) is 0 Å². The lowest BCUT2D eigenvalue weighted by molar-refractivity contribution is -0.141. The van der Waals surface area contributed by atoms with Gasteiger partial charge in [-0.2, -0.15) is 0 Å². The summed E-state index contributed by atoms with van der Waals surface area (Å²) in [7, 11) is 1.05. The number of hydrogen-bond donors (Lipinski definition) is 0. The number of ether oxygens (including phenoxy) is 2. The Kier molecular flexibility index (Phi) is 4.16. The number of esters is 1. The fraction of sp³-hybridized carbons (Fsp3) is 0.389. The maximum atomic E-state index is 11.6. The Balaban J connectivity index is 1.52. The summed E-state index contributed by atoms with van der Waals surface area (Å²) in [6.45, 7) is 1.06. The fourth-order valence-corrected chi connectivity index (χ4v) is 3.47. The van der Waals surface area contributed by atoms with Gasteiger partial charge in [0.15, 0.2) is 0 Å². The third-order valence-corrected chi connectivity index (χ3v) is 4.76. The second-order valence-corrected chi connectivity index (χ2v) is 6.27. The Bertz CT molecular complexity index is 697. The van der Waals surface area contributed by atoms with Crippen LogP contribution in [-0.2, 0) is 23.6 Å². The van der Waals surface area contributed by atoms with Crippen molar-refractivity contribution in [2.45, 2.75) is 18.9 Å². The second-order valence-electron chi connectivity index (χ2n) is 6.27. The van der Waals surface area contributed by atoms with Crippen LogP contribution in [0.4, 0.5) is 0 Å². The highest BCUT2D eigenvalue weighted by molar-refractivity contribution is 6.61. The molecule has 24 heavy (non-hydrogen) atoms. The molecule has 1 aromatic carbocycles. The minimum atomic E-state index is -0.368. The molecule has 5 nitrogen and oxygen atoms in total. The van der Waals surface area contributed by atoms with Crippen LogP contribution in [0.25, 0.3) is 0 Å². The van der Waals surface area contributed by atoms with Gasteiger partial charge in [-0.25, -0.2) is 0 Å². The highest BCUT2D eigenvalue weighted by atomic mass is 16.6. The molecule has 0 saturated carbocycles. The van der Waals surface area contributed by atoms with Gasteiger partial charge in [0, 0.05) is 17.9 Å². The largest absolute Gasteiger partial charge is 0.562 e. The maximum Gasteiger partial charge on any atom is 0.562 e. The van der Waals surface area contributed by atoms with Crippen molar-refractivity contribution < 1.29 is 23.6 Å². The van der Waals surface area contributed by atoms with Gasteiger partial charge in [-0.1, -0.05) is 36.4 Å². The smallest absolute Gasteiger partial charge is 0.535 e. The van der Waals surface area contributed by atoms with E-state index in [0.29, 0.717) is 26.1 Å². The van der Waals surface area contributed by atoms with Crippen molar-refractivity contribution in [1.82, 2.24) is 0 Å². The molecule has 0 aromatic heterocycles. The maximum absolute atomic E-state index is 11.6. The Morgan fingerprint density at radius 2 is 2.17 bits per heavy atom. The zero-order valence-corrected chi connectivity index (χ0v) is 13.6. The van der Waals surface area contributed by atoms with Crippen molar-refractivity contribution >= 4 is 18.6 Å². The molecule has 1 aromatic rings. The molecule has 0 N–H and O–H groups in total. The van der Waals surface area contributed by atoms with Crippen molar-refractivity contribution in [3.63, 3.8) is 0 Å². The first-order chi connectivity index (χ1) is 11.7. The van der Waals surface area contributed by atoms with Gasteiger partial charge in [-0.15, -0.1) is 0 Å². The molecular formula is C18H19BO5. The lowest BCUT2D eigenvalue weighted by atomic mass is 9.76. The van der Waals surface area contributed by atoms with Crippen molar-refractivity contribution in [1.29, 1.82) is 0 Å². The predicted molar refractivity (Wildman–Crippen MR) is 88.5 cm³/mol. The van der Waals surface area contributed by atoms with E-state index in [9.17, 15) is 4.79 Å². The summed E-state index contributed by atoms with van der Waals surface area (Å²) in [6, 6.07) is 9.92. The van der Waals surface area contributed by atoms with Crippen LogP contribution in [0.3, 0.4) is 0 Å². The molecule has 4 rings (SSSR count). The fourth-order valence-electron chi connectivity index (χ4n) is 3.47. The lowest BCUT2D eigenvalue weighted by Gasteiger charge is -2.31. The second kappa shape index (κ2) is 6.45. The summed E-state index contributed by atoms with van der Waals surface area (Å²) < 4.78 is 22.6. The van der Waals surface area contributed by atoms with Gasteiger partial charge >= 0.3 is 13.1 Å². The minimum absolute atomic E-state index is 0.00655. The first kappa shape index (κ1) is 15.5. The summed E-state index contributed by atoms with van der Waals surface area (Å²) in [6.07, 6.45) is 3.14. The topological polar surface area (TPSA) is 54.0 Å². The molecule has 2 atom stereocenters. The number of hydrogen-bond acceptors (Lipinski definition) is 5. The summed E-state index contributed by atoms with van der Waals surface area (Å²) in [5, 5.41) is 0. The molecule has 0 bridgehead atoms.